The molecule has 2 aromatic rings. The van der Waals surface area contributed by atoms with E-state index < -0.39 is 5.54 Å². The van der Waals surface area contributed by atoms with Gasteiger partial charge in [-0.2, -0.15) is 5.10 Å². The third-order valence-electron chi connectivity index (χ3n) is 4.76. The van der Waals surface area contributed by atoms with Gasteiger partial charge in [0.25, 0.3) is 5.91 Å². The second kappa shape index (κ2) is 9.32. The minimum atomic E-state index is -0.872. The summed E-state index contributed by atoms with van der Waals surface area (Å²) in [5.74, 6) is 0.578. The molecular weight excluding hydrogens is 380 g/mol. The average Bonchev–Trinajstić information content (AvgIpc) is 3.13. The normalized spacial score (nSPS) is 12.0. The zero-order chi connectivity index (χ0) is 22.5. The lowest BCUT2D eigenvalue weighted by Gasteiger charge is -2.24. The van der Waals surface area contributed by atoms with E-state index in [1.165, 1.54) is 11.8 Å². The van der Waals surface area contributed by atoms with Gasteiger partial charge in [0.1, 0.15) is 11.3 Å². The van der Waals surface area contributed by atoms with Crippen LogP contribution in [0.3, 0.4) is 0 Å². The summed E-state index contributed by atoms with van der Waals surface area (Å²) in [6, 6.07) is 7.74. The fourth-order valence-electron chi connectivity index (χ4n) is 2.71. The van der Waals surface area contributed by atoms with Crippen LogP contribution in [0.1, 0.15) is 54.0 Å². The van der Waals surface area contributed by atoms with Crippen molar-refractivity contribution in [2.75, 3.05) is 18.5 Å². The molecule has 0 radical (unpaired) electrons. The summed E-state index contributed by atoms with van der Waals surface area (Å²) in [5.41, 5.74) is 0.904. The number of ether oxygens (including phenoxy) is 1. The van der Waals surface area contributed by atoms with Gasteiger partial charge >= 0.3 is 0 Å². The number of hydrogen-bond acceptors (Lipinski definition) is 4. The SMILES string of the molecule is CC(C)CNC(=O)C(C)(C)n1cc(NC(=O)COc2ccc(C(C)(C)C)cc2)cn1. The van der Waals surface area contributed by atoms with Crippen LogP contribution in [0.15, 0.2) is 36.7 Å². The quantitative estimate of drug-likeness (QED) is 0.690. The first-order valence-electron chi connectivity index (χ1n) is 10.3. The monoisotopic (exact) mass is 414 g/mol. The predicted octanol–water partition coefficient (Wildman–Crippen LogP) is 3.71. The lowest BCUT2D eigenvalue weighted by Crippen LogP contribution is -2.45. The number of carbonyl (C=O) groups excluding carboxylic acids is 2. The van der Waals surface area contributed by atoms with Crippen LogP contribution >= 0.6 is 0 Å². The Morgan fingerprint density at radius 1 is 1.10 bits per heavy atom. The number of rotatable bonds is 8. The first-order chi connectivity index (χ1) is 13.9. The van der Waals surface area contributed by atoms with E-state index in [4.69, 9.17) is 4.74 Å². The zero-order valence-electron chi connectivity index (χ0n) is 19.1. The van der Waals surface area contributed by atoms with E-state index in [0.717, 1.165) is 0 Å². The highest BCUT2D eigenvalue weighted by Crippen LogP contribution is 2.24. The smallest absolute Gasteiger partial charge is 0.262 e. The van der Waals surface area contributed by atoms with Crippen molar-refractivity contribution in [3.8, 4) is 5.75 Å². The van der Waals surface area contributed by atoms with Crippen LogP contribution in [0.5, 0.6) is 5.75 Å². The van der Waals surface area contributed by atoms with Gasteiger partial charge in [-0.1, -0.05) is 46.8 Å². The summed E-state index contributed by atoms with van der Waals surface area (Å²) in [4.78, 5) is 24.7. The van der Waals surface area contributed by atoms with Gasteiger partial charge in [-0.05, 0) is 42.9 Å². The highest BCUT2D eigenvalue weighted by molar-refractivity contribution is 5.91. The van der Waals surface area contributed by atoms with Crippen LogP contribution in [0.2, 0.25) is 0 Å². The Labute approximate surface area is 179 Å². The first-order valence-corrected chi connectivity index (χ1v) is 10.3. The van der Waals surface area contributed by atoms with Crippen LogP contribution < -0.4 is 15.4 Å². The van der Waals surface area contributed by atoms with E-state index in [9.17, 15) is 9.59 Å². The van der Waals surface area contributed by atoms with Crippen molar-refractivity contribution >= 4 is 17.5 Å². The van der Waals surface area contributed by atoms with Gasteiger partial charge in [0, 0.05) is 12.7 Å². The Bertz CT molecular complexity index is 861. The van der Waals surface area contributed by atoms with Gasteiger partial charge < -0.3 is 15.4 Å². The summed E-state index contributed by atoms with van der Waals surface area (Å²) in [6.45, 7) is 14.6. The van der Waals surface area contributed by atoms with Crippen molar-refractivity contribution in [3.05, 3.63) is 42.2 Å². The van der Waals surface area contributed by atoms with Gasteiger partial charge in [0.2, 0.25) is 5.91 Å². The molecule has 0 aliphatic carbocycles. The third-order valence-corrected chi connectivity index (χ3v) is 4.76. The van der Waals surface area contributed by atoms with Crippen molar-refractivity contribution in [1.82, 2.24) is 15.1 Å². The molecule has 0 aliphatic rings. The Balaban J connectivity index is 1.91. The summed E-state index contributed by atoms with van der Waals surface area (Å²) in [6.07, 6.45) is 3.17. The number of hydrogen-bond donors (Lipinski definition) is 2. The molecule has 0 fully saturated rings. The molecule has 2 amide bonds. The van der Waals surface area contributed by atoms with Crippen LogP contribution in [0.25, 0.3) is 0 Å². The largest absolute Gasteiger partial charge is 0.484 e. The maximum atomic E-state index is 12.5. The Kier molecular flexibility index (Phi) is 7.29. The fourth-order valence-corrected chi connectivity index (χ4v) is 2.71. The second-order valence-electron chi connectivity index (χ2n) is 9.45. The lowest BCUT2D eigenvalue weighted by atomic mass is 9.87. The third kappa shape index (κ3) is 6.34. The summed E-state index contributed by atoms with van der Waals surface area (Å²) >= 11 is 0. The molecule has 0 spiro atoms. The summed E-state index contributed by atoms with van der Waals surface area (Å²) in [7, 11) is 0. The number of nitrogens with zero attached hydrogens (tertiary/aromatic N) is 2. The molecule has 1 aromatic heterocycles. The molecule has 1 heterocycles. The van der Waals surface area contributed by atoms with Crippen molar-refractivity contribution in [2.24, 2.45) is 5.92 Å². The Morgan fingerprint density at radius 2 is 1.73 bits per heavy atom. The highest BCUT2D eigenvalue weighted by Gasteiger charge is 2.30. The molecule has 1 aromatic carbocycles. The van der Waals surface area contributed by atoms with Crippen molar-refractivity contribution in [2.45, 2.75) is 59.4 Å². The fraction of sp³-hybridized carbons (Fsp3) is 0.522. The molecule has 164 valence electrons. The van der Waals surface area contributed by atoms with E-state index in [1.807, 2.05) is 38.1 Å². The maximum absolute atomic E-state index is 12.5. The zero-order valence-corrected chi connectivity index (χ0v) is 19.1. The molecule has 0 saturated heterocycles. The van der Waals surface area contributed by atoms with Crippen molar-refractivity contribution in [3.63, 3.8) is 0 Å². The van der Waals surface area contributed by atoms with Crippen LogP contribution in [0, 0.1) is 5.92 Å². The van der Waals surface area contributed by atoms with E-state index in [1.54, 1.807) is 24.7 Å². The summed E-state index contributed by atoms with van der Waals surface area (Å²) < 4.78 is 7.12. The number of aromatic nitrogens is 2. The van der Waals surface area contributed by atoms with Crippen molar-refractivity contribution in [1.29, 1.82) is 0 Å². The topological polar surface area (TPSA) is 85.2 Å². The lowest BCUT2D eigenvalue weighted by molar-refractivity contribution is -0.129. The van der Waals surface area contributed by atoms with Crippen molar-refractivity contribution < 1.29 is 14.3 Å². The van der Waals surface area contributed by atoms with Gasteiger partial charge in [-0.25, -0.2) is 0 Å². The Morgan fingerprint density at radius 3 is 2.30 bits per heavy atom. The number of benzene rings is 1. The highest BCUT2D eigenvalue weighted by atomic mass is 16.5. The van der Waals surface area contributed by atoms with E-state index in [2.05, 4.69) is 36.5 Å². The van der Waals surface area contributed by atoms with E-state index in [0.29, 0.717) is 23.9 Å². The molecule has 0 atom stereocenters. The Hall–Kier alpha value is -2.83. The predicted molar refractivity (Wildman–Crippen MR) is 119 cm³/mol. The van der Waals surface area contributed by atoms with Gasteiger partial charge in [0.15, 0.2) is 6.61 Å². The molecule has 0 saturated carbocycles. The van der Waals surface area contributed by atoms with E-state index in [-0.39, 0.29) is 23.8 Å². The minimum Gasteiger partial charge on any atom is -0.484 e. The number of anilines is 1. The van der Waals surface area contributed by atoms with Gasteiger partial charge in [-0.15, -0.1) is 0 Å². The number of carbonyl (C=O) groups is 2. The molecule has 7 nitrogen and oxygen atoms in total. The molecule has 2 N–H and O–H groups in total. The van der Waals surface area contributed by atoms with Gasteiger partial charge in [-0.3, -0.25) is 14.3 Å². The molecule has 30 heavy (non-hydrogen) atoms. The molecule has 0 unspecified atom stereocenters. The second-order valence-corrected chi connectivity index (χ2v) is 9.45. The minimum absolute atomic E-state index is 0.0650. The van der Waals surface area contributed by atoms with Crippen LogP contribution in [0.4, 0.5) is 5.69 Å². The molecule has 7 heteroatoms. The standard InChI is InChI=1S/C23H34N4O3/c1-16(2)12-24-21(29)23(6,7)27-14-18(13-25-27)26-20(28)15-30-19-10-8-17(9-11-19)22(3,4)5/h8-11,13-14,16H,12,15H2,1-7H3,(H,24,29)(H,26,28). The number of nitrogens with one attached hydrogen (secondary N) is 2. The average molecular weight is 415 g/mol. The van der Waals surface area contributed by atoms with Gasteiger partial charge in [0.05, 0.1) is 11.9 Å². The molecule has 2 rings (SSSR count). The first kappa shape index (κ1) is 23.4. The van der Waals surface area contributed by atoms with Crippen LogP contribution in [-0.2, 0) is 20.5 Å². The molecular formula is C23H34N4O3. The van der Waals surface area contributed by atoms with E-state index >= 15 is 0 Å². The molecule has 0 aliphatic heterocycles. The molecule has 0 bridgehead atoms. The number of amides is 2. The summed E-state index contributed by atoms with van der Waals surface area (Å²) in [5, 5.41) is 9.91. The maximum Gasteiger partial charge on any atom is 0.262 e. The van der Waals surface area contributed by atoms with Crippen LogP contribution in [-0.4, -0.2) is 34.7 Å².